The Morgan fingerprint density at radius 3 is 2.46 bits per heavy atom. The molecule has 5 rings (SSSR count). The predicted molar refractivity (Wildman–Crippen MR) is 96.3 cm³/mol. The van der Waals surface area contributed by atoms with Crippen molar-refractivity contribution >= 4 is 22.1 Å². The van der Waals surface area contributed by atoms with Crippen LogP contribution in [0.1, 0.15) is 0 Å². The van der Waals surface area contributed by atoms with Gasteiger partial charge in [0.2, 0.25) is 5.71 Å². The van der Waals surface area contributed by atoms with Gasteiger partial charge in [0.1, 0.15) is 11.4 Å². The predicted octanol–water partition coefficient (Wildman–Crippen LogP) is 5.44. The fraction of sp³-hybridized carbons (Fsp3) is 0. The summed E-state index contributed by atoms with van der Waals surface area (Å²) in [5, 5.41) is 2.24. The summed E-state index contributed by atoms with van der Waals surface area (Å²) in [5.41, 5.74) is 3.78. The van der Waals surface area contributed by atoms with Crippen molar-refractivity contribution in [2.75, 3.05) is 0 Å². The van der Waals surface area contributed by atoms with Crippen molar-refractivity contribution in [1.82, 2.24) is 9.55 Å². The Bertz CT molecular complexity index is 1150. The first-order valence-corrected chi connectivity index (χ1v) is 7.91. The van der Waals surface area contributed by atoms with Crippen LogP contribution in [-0.2, 0) is 0 Å². The van der Waals surface area contributed by atoms with Gasteiger partial charge in [-0.05, 0) is 24.3 Å². The zero-order chi connectivity index (χ0) is 15.9. The number of furan rings is 1. The van der Waals surface area contributed by atoms with Gasteiger partial charge in [0.05, 0.1) is 5.69 Å². The Morgan fingerprint density at radius 1 is 0.708 bits per heavy atom. The van der Waals surface area contributed by atoms with Crippen LogP contribution < -0.4 is 0 Å². The molecule has 3 nitrogen and oxygen atoms in total. The van der Waals surface area contributed by atoms with Crippen molar-refractivity contribution in [1.29, 1.82) is 0 Å². The van der Waals surface area contributed by atoms with Crippen LogP contribution >= 0.6 is 0 Å². The Labute approximate surface area is 138 Å². The minimum Gasteiger partial charge on any atom is -0.439 e. The van der Waals surface area contributed by atoms with Gasteiger partial charge in [-0.15, -0.1) is 0 Å². The van der Waals surface area contributed by atoms with Gasteiger partial charge in [-0.25, -0.2) is 4.98 Å². The highest BCUT2D eigenvalue weighted by atomic mass is 16.3. The first-order valence-electron chi connectivity index (χ1n) is 7.91. The van der Waals surface area contributed by atoms with Crippen LogP contribution in [0.15, 0.2) is 89.5 Å². The monoisotopic (exact) mass is 310 g/mol. The van der Waals surface area contributed by atoms with E-state index in [-0.39, 0.29) is 0 Å². The lowest BCUT2D eigenvalue weighted by Crippen LogP contribution is -1.96. The summed E-state index contributed by atoms with van der Waals surface area (Å²) in [6.07, 6.45) is 2.01. The third-order valence-electron chi connectivity index (χ3n) is 4.27. The molecule has 0 unspecified atom stereocenters. The van der Waals surface area contributed by atoms with Crippen LogP contribution in [0.4, 0.5) is 0 Å². The van der Waals surface area contributed by atoms with E-state index in [0.717, 1.165) is 39.1 Å². The number of para-hydroxylation sites is 1. The molecule has 3 aromatic heterocycles. The van der Waals surface area contributed by atoms with E-state index in [1.54, 1.807) is 0 Å². The molecule has 3 heteroatoms. The quantitative estimate of drug-likeness (QED) is 0.435. The van der Waals surface area contributed by atoms with E-state index in [1.165, 1.54) is 0 Å². The molecule has 0 N–H and O–H groups in total. The second-order valence-electron chi connectivity index (χ2n) is 5.75. The van der Waals surface area contributed by atoms with Crippen molar-refractivity contribution in [3.8, 4) is 17.1 Å². The number of rotatable bonds is 2. The smallest absolute Gasteiger partial charge is 0.213 e. The van der Waals surface area contributed by atoms with Gasteiger partial charge >= 0.3 is 0 Å². The molecule has 0 bridgehead atoms. The summed E-state index contributed by atoms with van der Waals surface area (Å²) in [6.45, 7) is 0. The number of aromatic nitrogens is 2. The number of benzene rings is 2. The molecule has 0 aliphatic rings. The van der Waals surface area contributed by atoms with Gasteiger partial charge in [-0.2, -0.15) is 0 Å². The van der Waals surface area contributed by atoms with Crippen LogP contribution in [0.3, 0.4) is 0 Å². The maximum atomic E-state index is 6.05. The van der Waals surface area contributed by atoms with Gasteiger partial charge in [0, 0.05) is 22.5 Å². The Kier molecular flexibility index (Phi) is 2.79. The molecule has 0 saturated heterocycles. The largest absolute Gasteiger partial charge is 0.439 e. The fourth-order valence-electron chi connectivity index (χ4n) is 3.12. The zero-order valence-corrected chi connectivity index (χ0v) is 12.9. The summed E-state index contributed by atoms with van der Waals surface area (Å²) in [6, 6.07) is 26.4. The van der Waals surface area contributed by atoms with E-state index in [2.05, 4.69) is 24.3 Å². The first-order chi connectivity index (χ1) is 11.9. The molecule has 0 amide bonds. The van der Waals surface area contributed by atoms with Gasteiger partial charge in [-0.1, -0.05) is 54.6 Å². The van der Waals surface area contributed by atoms with E-state index in [9.17, 15) is 0 Å². The second-order valence-corrected chi connectivity index (χ2v) is 5.75. The van der Waals surface area contributed by atoms with Gasteiger partial charge in [0.15, 0.2) is 0 Å². The highest BCUT2D eigenvalue weighted by molar-refractivity contribution is 6.04. The number of hydrogen-bond acceptors (Lipinski definition) is 2. The van der Waals surface area contributed by atoms with Gasteiger partial charge < -0.3 is 4.42 Å². The normalized spacial score (nSPS) is 11.3. The van der Waals surface area contributed by atoms with E-state index >= 15 is 0 Å². The number of fused-ring (bicyclic) bond motifs is 3. The highest BCUT2D eigenvalue weighted by Crippen LogP contribution is 2.31. The minimum absolute atomic E-state index is 0.828. The molecule has 3 heterocycles. The summed E-state index contributed by atoms with van der Waals surface area (Å²) in [7, 11) is 0. The number of pyridine rings is 1. The maximum Gasteiger partial charge on any atom is 0.213 e. The Morgan fingerprint density at radius 2 is 1.54 bits per heavy atom. The molecule has 0 aliphatic heterocycles. The molecular weight excluding hydrogens is 296 g/mol. The van der Waals surface area contributed by atoms with Crippen molar-refractivity contribution in [3.05, 3.63) is 85.1 Å². The van der Waals surface area contributed by atoms with Crippen molar-refractivity contribution < 1.29 is 4.42 Å². The molecule has 24 heavy (non-hydrogen) atoms. The molecule has 0 atom stereocenters. The minimum atomic E-state index is 0.828. The standard InChI is InChI=1S/C21H14N2O/c1-2-7-15(8-3-1)18-10-6-12-20(22-18)23-14-13-17-16-9-4-5-11-19(16)24-21(17)23/h1-14H. The molecule has 0 spiro atoms. The second kappa shape index (κ2) is 5.10. The summed E-state index contributed by atoms with van der Waals surface area (Å²) < 4.78 is 8.05. The first kappa shape index (κ1) is 13.1. The molecule has 114 valence electrons. The molecule has 5 aromatic rings. The summed E-state index contributed by atoms with van der Waals surface area (Å²) >= 11 is 0. The third-order valence-corrected chi connectivity index (χ3v) is 4.27. The molecule has 0 radical (unpaired) electrons. The van der Waals surface area contributed by atoms with E-state index in [1.807, 2.05) is 65.4 Å². The average molecular weight is 310 g/mol. The fourth-order valence-corrected chi connectivity index (χ4v) is 3.12. The van der Waals surface area contributed by atoms with E-state index in [0.29, 0.717) is 0 Å². The molecule has 0 fully saturated rings. The van der Waals surface area contributed by atoms with Crippen molar-refractivity contribution in [2.24, 2.45) is 0 Å². The van der Waals surface area contributed by atoms with E-state index in [4.69, 9.17) is 9.40 Å². The SMILES string of the molecule is c1ccc(-c2cccc(-n3ccc4c5ccccc5oc43)n2)cc1. The summed E-state index contributed by atoms with van der Waals surface area (Å²) in [4.78, 5) is 4.81. The van der Waals surface area contributed by atoms with Gasteiger partial charge in [0.25, 0.3) is 0 Å². The Hall–Kier alpha value is -3.33. The summed E-state index contributed by atoms with van der Waals surface area (Å²) in [5.74, 6) is 0.852. The molecule has 2 aromatic carbocycles. The topological polar surface area (TPSA) is 31.0 Å². The number of nitrogens with zero attached hydrogens (tertiary/aromatic N) is 2. The molecule has 0 saturated carbocycles. The maximum absolute atomic E-state index is 6.05. The van der Waals surface area contributed by atoms with Crippen LogP contribution in [0, 0.1) is 0 Å². The zero-order valence-electron chi connectivity index (χ0n) is 12.9. The third kappa shape index (κ3) is 1.95. The molecule has 0 aliphatic carbocycles. The van der Waals surface area contributed by atoms with Crippen LogP contribution in [0.2, 0.25) is 0 Å². The van der Waals surface area contributed by atoms with Crippen LogP contribution in [-0.4, -0.2) is 9.55 Å². The highest BCUT2D eigenvalue weighted by Gasteiger charge is 2.12. The average Bonchev–Trinajstić information content (AvgIpc) is 3.22. The van der Waals surface area contributed by atoms with Gasteiger partial charge in [-0.3, -0.25) is 4.57 Å². The lowest BCUT2D eigenvalue weighted by atomic mass is 10.1. The van der Waals surface area contributed by atoms with Crippen molar-refractivity contribution in [3.63, 3.8) is 0 Å². The van der Waals surface area contributed by atoms with Crippen molar-refractivity contribution in [2.45, 2.75) is 0 Å². The molecular formula is C21H14N2O. The Balaban J connectivity index is 1.70. The lowest BCUT2D eigenvalue weighted by molar-refractivity contribution is 0.641. The van der Waals surface area contributed by atoms with E-state index < -0.39 is 0 Å². The lowest BCUT2D eigenvalue weighted by Gasteiger charge is -2.05. The van der Waals surface area contributed by atoms with Crippen LogP contribution in [0.5, 0.6) is 0 Å². The number of hydrogen-bond donors (Lipinski definition) is 0. The van der Waals surface area contributed by atoms with Crippen LogP contribution in [0.25, 0.3) is 39.1 Å².